The van der Waals surface area contributed by atoms with Crippen LogP contribution in [0.4, 0.5) is 5.69 Å². The summed E-state index contributed by atoms with van der Waals surface area (Å²) in [6, 6.07) is 22.2. The first-order chi connectivity index (χ1) is 16.8. The molecule has 0 unspecified atom stereocenters. The highest BCUT2D eigenvalue weighted by Gasteiger charge is 2.25. The molecule has 1 saturated heterocycles. The number of likely N-dealkylation sites (tertiary alicyclic amines) is 1. The van der Waals surface area contributed by atoms with Crippen molar-refractivity contribution in [3.05, 3.63) is 95.6 Å². The van der Waals surface area contributed by atoms with E-state index in [9.17, 15) is 18.0 Å². The number of nitrogens with one attached hydrogen (secondary N) is 2. The van der Waals surface area contributed by atoms with Gasteiger partial charge in [-0.2, -0.15) is 0 Å². The second-order valence-corrected chi connectivity index (χ2v) is 10.3. The fraction of sp³-hybridized carbons (Fsp3) is 0.231. The van der Waals surface area contributed by atoms with Crippen LogP contribution in [0.5, 0.6) is 0 Å². The molecule has 1 fully saturated rings. The molecule has 1 aliphatic rings. The van der Waals surface area contributed by atoms with Crippen LogP contribution in [0.15, 0.2) is 83.8 Å². The van der Waals surface area contributed by atoms with Gasteiger partial charge in [-0.05, 0) is 54.8 Å². The number of anilines is 1. The first-order valence-corrected chi connectivity index (χ1v) is 12.9. The summed E-state index contributed by atoms with van der Waals surface area (Å²) in [7, 11) is -3.79. The minimum atomic E-state index is -3.79. The van der Waals surface area contributed by atoms with E-state index in [0.29, 0.717) is 18.5 Å². The third-order valence-corrected chi connectivity index (χ3v) is 7.49. The van der Waals surface area contributed by atoms with Crippen molar-refractivity contribution < 1.29 is 18.0 Å². The maximum absolute atomic E-state index is 13.0. The van der Waals surface area contributed by atoms with Gasteiger partial charge in [0.2, 0.25) is 15.9 Å². The van der Waals surface area contributed by atoms with E-state index >= 15 is 0 Å². The number of hydrogen-bond donors (Lipinski definition) is 3. The van der Waals surface area contributed by atoms with Gasteiger partial charge >= 0.3 is 0 Å². The van der Waals surface area contributed by atoms with Gasteiger partial charge in [0.05, 0.1) is 4.90 Å². The molecule has 0 radical (unpaired) electrons. The number of sulfonamides is 1. The highest BCUT2D eigenvalue weighted by Crippen LogP contribution is 2.19. The standard InChI is InChI=1S/C26H28N4O4S/c27-25(31)20-8-4-10-23(16-20)28-26(32)21-9-5-11-24(17-21)35(33,34)29-22-12-14-30(15-13-22)18-19-6-2-1-3-7-19/h1-11,16-17,22,29H,12-15,18H2,(H2,27,31)(H,28,32). The first kappa shape index (κ1) is 24.6. The van der Waals surface area contributed by atoms with E-state index in [2.05, 4.69) is 27.1 Å². The van der Waals surface area contributed by atoms with Gasteiger partial charge in [-0.3, -0.25) is 14.5 Å². The van der Waals surface area contributed by atoms with E-state index in [1.165, 1.54) is 35.9 Å². The molecular formula is C26H28N4O4S. The number of carbonyl (C=O) groups is 2. The SMILES string of the molecule is NC(=O)c1cccc(NC(=O)c2cccc(S(=O)(=O)NC3CCN(Cc4ccccc4)CC3)c2)c1. The van der Waals surface area contributed by atoms with Crippen LogP contribution in [0.2, 0.25) is 0 Å². The average molecular weight is 493 g/mol. The number of piperidine rings is 1. The van der Waals surface area contributed by atoms with Crippen molar-refractivity contribution in [2.45, 2.75) is 30.3 Å². The van der Waals surface area contributed by atoms with E-state index in [4.69, 9.17) is 5.73 Å². The Labute approximate surface area is 205 Å². The maximum atomic E-state index is 13.0. The summed E-state index contributed by atoms with van der Waals surface area (Å²) in [6.45, 7) is 2.45. The predicted octanol–water partition coefficient (Wildman–Crippen LogP) is 2.98. The van der Waals surface area contributed by atoms with Crippen molar-refractivity contribution >= 4 is 27.5 Å². The summed E-state index contributed by atoms with van der Waals surface area (Å²) >= 11 is 0. The molecule has 0 spiro atoms. The van der Waals surface area contributed by atoms with Crippen LogP contribution in [0.1, 0.15) is 39.1 Å². The summed E-state index contributed by atoms with van der Waals surface area (Å²) in [5, 5.41) is 2.67. The lowest BCUT2D eigenvalue weighted by Crippen LogP contribution is -2.44. The van der Waals surface area contributed by atoms with Gasteiger partial charge < -0.3 is 11.1 Å². The molecule has 182 valence electrons. The minimum Gasteiger partial charge on any atom is -0.366 e. The monoisotopic (exact) mass is 492 g/mol. The molecule has 1 heterocycles. The summed E-state index contributed by atoms with van der Waals surface area (Å²) in [5.41, 5.74) is 7.36. The number of carbonyl (C=O) groups excluding carboxylic acids is 2. The summed E-state index contributed by atoms with van der Waals surface area (Å²) < 4.78 is 28.8. The number of nitrogens with two attached hydrogens (primary N) is 1. The van der Waals surface area contributed by atoms with E-state index in [0.717, 1.165) is 19.6 Å². The number of nitrogens with zero attached hydrogens (tertiary/aromatic N) is 1. The zero-order valence-electron chi connectivity index (χ0n) is 19.2. The van der Waals surface area contributed by atoms with Gasteiger partial charge in [0.15, 0.2) is 0 Å². The predicted molar refractivity (Wildman–Crippen MR) is 134 cm³/mol. The van der Waals surface area contributed by atoms with Crippen LogP contribution < -0.4 is 15.8 Å². The molecule has 8 nitrogen and oxygen atoms in total. The van der Waals surface area contributed by atoms with Gasteiger partial charge in [-0.1, -0.05) is 42.5 Å². The Morgan fingerprint density at radius 1 is 0.886 bits per heavy atom. The van der Waals surface area contributed by atoms with Gasteiger partial charge in [-0.25, -0.2) is 13.1 Å². The van der Waals surface area contributed by atoms with Gasteiger partial charge in [0.1, 0.15) is 0 Å². The van der Waals surface area contributed by atoms with E-state index in [1.54, 1.807) is 18.2 Å². The van der Waals surface area contributed by atoms with Crippen molar-refractivity contribution in [1.29, 1.82) is 0 Å². The zero-order chi connectivity index (χ0) is 24.8. The number of hydrogen-bond acceptors (Lipinski definition) is 5. The number of benzene rings is 3. The fourth-order valence-electron chi connectivity index (χ4n) is 4.10. The Hall–Kier alpha value is -3.53. The lowest BCUT2D eigenvalue weighted by Gasteiger charge is -2.32. The van der Waals surface area contributed by atoms with Crippen LogP contribution in [0.3, 0.4) is 0 Å². The summed E-state index contributed by atoms with van der Waals surface area (Å²) in [6.07, 6.45) is 1.42. The van der Waals surface area contributed by atoms with Crippen LogP contribution >= 0.6 is 0 Å². The molecule has 0 saturated carbocycles. The lowest BCUT2D eigenvalue weighted by molar-refractivity contribution is 0.0996. The van der Waals surface area contributed by atoms with Crippen LogP contribution in [-0.4, -0.2) is 44.3 Å². The van der Waals surface area contributed by atoms with Crippen LogP contribution in [0, 0.1) is 0 Å². The Morgan fingerprint density at radius 2 is 1.57 bits per heavy atom. The van der Waals surface area contributed by atoms with E-state index < -0.39 is 21.8 Å². The van der Waals surface area contributed by atoms with Crippen molar-refractivity contribution in [3.8, 4) is 0 Å². The lowest BCUT2D eigenvalue weighted by atomic mass is 10.1. The number of amides is 2. The molecule has 0 aliphatic carbocycles. The second-order valence-electron chi connectivity index (χ2n) is 8.58. The smallest absolute Gasteiger partial charge is 0.255 e. The molecular weight excluding hydrogens is 464 g/mol. The van der Waals surface area contributed by atoms with Crippen molar-refractivity contribution in [2.75, 3.05) is 18.4 Å². The quantitative estimate of drug-likeness (QED) is 0.446. The van der Waals surface area contributed by atoms with E-state index in [1.807, 2.05) is 18.2 Å². The normalized spacial score (nSPS) is 15.0. The van der Waals surface area contributed by atoms with Crippen LogP contribution in [0.25, 0.3) is 0 Å². The first-order valence-electron chi connectivity index (χ1n) is 11.4. The van der Waals surface area contributed by atoms with E-state index in [-0.39, 0.29) is 22.1 Å². The highest BCUT2D eigenvalue weighted by atomic mass is 32.2. The molecule has 1 aliphatic heterocycles. The number of primary amides is 1. The minimum absolute atomic E-state index is 0.0303. The average Bonchev–Trinajstić information content (AvgIpc) is 2.86. The molecule has 35 heavy (non-hydrogen) atoms. The molecule has 4 rings (SSSR count). The zero-order valence-corrected chi connectivity index (χ0v) is 20.0. The molecule has 3 aromatic rings. The Kier molecular flexibility index (Phi) is 7.60. The van der Waals surface area contributed by atoms with Crippen molar-refractivity contribution in [3.63, 3.8) is 0 Å². The third-order valence-electron chi connectivity index (χ3n) is 5.97. The van der Waals surface area contributed by atoms with Crippen LogP contribution in [-0.2, 0) is 16.6 Å². The third kappa shape index (κ3) is 6.54. The molecule has 2 amide bonds. The Bertz CT molecular complexity index is 1300. The second kappa shape index (κ2) is 10.8. The Balaban J connectivity index is 1.37. The highest BCUT2D eigenvalue weighted by molar-refractivity contribution is 7.89. The molecule has 0 atom stereocenters. The number of rotatable bonds is 8. The van der Waals surface area contributed by atoms with Gasteiger partial charge in [0.25, 0.3) is 5.91 Å². The Morgan fingerprint density at radius 3 is 2.29 bits per heavy atom. The molecule has 0 aromatic heterocycles. The topological polar surface area (TPSA) is 122 Å². The van der Waals surface area contributed by atoms with Gasteiger partial charge in [0, 0.05) is 42.5 Å². The molecule has 4 N–H and O–H groups in total. The van der Waals surface area contributed by atoms with Crippen molar-refractivity contribution in [1.82, 2.24) is 9.62 Å². The molecule has 3 aromatic carbocycles. The summed E-state index contributed by atoms with van der Waals surface area (Å²) in [5.74, 6) is -1.09. The molecule has 9 heteroatoms. The fourth-order valence-corrected chi connectivity index (χ4v) is 5.45. The maximum Gasteiger partial charge on any atom is 0.255 e. The van der Waals surface area contributed by atoms with Crippen molar-refractivity contribution in [2.24, 2.45) is 5.73 Å². The molecule has 0 bridgehead atoms. The largest absolute Gasteiger partial charge is 0.366 e. The summed E-state index contributed by atoms with van der Waals surface area (Å²) in [4.78, 5) is 26.4. The van der Waals surface area contributed by atoms with Gasteiger partial charge in [-0.15, -0.1) is 0 Å².